The predicted octanol–water partition coefficient (Wildman–Crippen LogP) is 1.09. The van der Waals surface area contributed by atoms with Crippen molar-refractivity contribution >= 4 is 11.8 Å². The Balaban J connectivity index is 1.93. The van der Waals surface area contributed by atoms with E-state index in [0.717, 1.165) is 6.20 Å². The van der Waals surface area contributed by atoms with Crippen molar-refractivity contribution in [2.24, 2.45) is 0 Å². The maximum absolute atomic E-state index is 13.4. The number of anilines is 2. The Hall–Kier alpha value is -2.25. The lowest BCUT2D eigenvalue weighted by Gasteiger charge is -2.07. The molecule has 0 fully saturated rings. The number of halogens is 1. The topological polar surface area (TPSA) is 88.8 Å². The highest BCUT2D eigenvalue weighted by atomic mass is 19.1. The summed E-state index contributed by atoms with van der Waals surface area (Å²) in [4.78, 5) is 11.7. The number of aromatic nitrogens is 4. The fourth-order valence-corrected chi connectivity index (χ4v) is 1.33. The third-order valence-electron chi connectivity index (χ3n) is 2.12. The molecule has 0 unspecified atom stereocenters. The molecule has 2 rings (SSSR count). The molecule has 0 bridgehead atoms. The van der Waals surface area contributed by atoms with E-state index in [1.54, 1.807) is 0 Å². The Morgan fingerprint density at radius 3 is 2.94 bits per heavy atom. The van der Waals surface area contributed by atoms with Crippen LogP contribution < -0.4 is 10.6 Å². The summed E-state index contributed by atoms with van der Waals surface area (Å²) in [6.45, 7) is 3.03. The maximum Gasteiger partial charge on any atom is 0.228 e. The van der Waals surface area contributed by atoms with Gasteiger partial charge in [-0.2, -0.15) is 9.97 Å². The van der Waals surface area contributed by atoms with Crippen LogP contribution in [0, 0.1) is 5.82 Å². The Bertz CT molecular complexity index is 489. The van der Waals surface area contributed by atoms with Gasteiger partial charge < -0.3 is 15.2 Å². The molecule has 0 spiro atoms. The molecule has 0 aromatic carbocycles. The van der Waals surface area contributed by atoms with Crippen molar-refractivity contribution in [1.29, 1.82) is 0 Å². The van der Waals surface area contributed by atoms with Gasteiger partial charge in [0.2, 0.25) is 11.8 Å². The van der Waals surface area contributed by atoms with Gasteiger partial charge in [0.1, 0.15) is 0 Å². The molecule has 7 nitrogen and oxygen atoms in total. The first-order valence-electron chi connectivity index (χ1n) is 5.55. The van der Waals surface area contributed by atoms with Gasteiger partial charge >= 0.3 is 0 Å². The summed E-state index contributed by atoms with van der Waals surface area (Å²) in [5.41, 5.74) is 0. The zero-order valence-electron chi connectivity index (χ0n) is 9.85. The molecule has 96 valence electrons. The zero-order valence-corrected chi connectivity index (χ0v) is 9.85. The highest BCUT2D eigenvalue weighted by molar-refractivity contribution is 5.40. The smallest absolute Gasteiger partial charge is 0.228 e. The van der Waals surface area contributed by atoms with E-state index in [1.165, 1.54) is 6.33 Å². The van der Waals surface area contributed by atoms with Gasteiger partial charge in [0.15, 0.2) is 18.0 Å². The third-order valence-corrected chi connectivity index (χ3v) is 2.12. The van der Waals surface area contributed by atoms with Gasteiger partial charge in [0.25, 0.3) is 0 Å². The van der Waals surface area contributed by atoms with Gasteiger partial charge in [0, 0.05) is 19.5 Å². The first-order valence-corrected chi connectivity index (χ1v) is 5.55. The molecule has 0 aliphatic rings. The van der Waals surface area contributed by atoms with Gasteiger partial charge in [-0.3, -0.25) is 0 Å². The number of nitrogens with one attached hydrogen (secondary N) is 2. The zero-order chi connectivity index (χ0) is 12.8. The second kappa shape index (κ2) is 5.89. The van der Waals surface area contributed by atoms with Crippen LogP contribution in [0.4, 0.5) is 16.2 Å². The van der Waals surface area contributed by atoms with Crippen LogP contribution in [0.25, 0.3) is 0 Å². The van der Waals surface area contributed by atoms with E-state index in [9.17, 15) is 4.39 Å². The van der Waals surface area contributed by atoms with Crippen molar-refractivity contribution in [3.05, 3.63) is 24.2 Å². The summed E-state index contributed by atoms with van der Waals surface area (Å²) in [5, 5.41) is 9.25. The standard InChI is InChI=1S/C10H13FN6O/c1-2-12-10-14-5-7(11)9(17-10)13-4-3-8-15-6-16-18-8/h5-6H,2-4H2,1H3,(H2,12,13,14,17). The van der Waals surface area contributed by atoms with Crippen molar-refractivity contribution < 1.29 is 8.91 Å². The van der Waals surface area contributed by atoms with Crippen LogP contribution in [0.5, 0.6) is 0 Å². The van der Waals surface area contributed by atoms with Crippen molar-refractivity contribution in [3.8, 4) is 0 Å². The lowest BCUT2D eigenvalue weighted by molar-refractivity contribution is 0.379. The van der Waals surface area contributed by atoms with E-state index >= 15 is 0 Å². The van der Waals surface area contributed by atoms with Crippen molar-refractivity contribution in [1.82, 2.24) is 20.1 Å². The van der Waals surface area contributed by atoms with Crippen LogP contribution in [-0.4, -0.2) is 33.2 Å². The number of hydrogen-bond donors (Lipinski definition) is 2. The number of nitrogens with zero attached hydrogens (tertiary/aromatic N) is 4. The molecule has 0 amide bonds. The molecular formula is C10H13FN6O. The summed E-state index contributed by atoms with van der Waals surface area (Å²) in [6.07, 6.45) is 2.95. The highest BCUT2D eigenvalue weighted by Gasteiger charge is 2.06. The predicted molar refractivity (Wildman–Crippen MR) is 62.6 cm³/mol. The first-order chi connectivity index (χ1) is 8.79. The van der Waals surface area contributed by atoms with Gasteiger partial charge in [0.05, 0.1) is 6.20 Å². The SMILES string of the molecule is CCNc1ncc(F)c(NCCc2ncno2)n1. The number of rotatable bonds is 6. The van der Waals surface area contributed by atoms with E-state index in [0.29, 0.717) is 31.3 Å². The largest absolute Gasteiger partial charge is 0.367 e. The highest BCUT2D eigenvalue weighted by Crippen LogP contribution is 2.11. The van der Waals surface area contributed by atoms with Crippen LogP contribution in [0.1, 0.15) is 12.8 Å². The molecule has 0 atom stereocenters. The fourth-order valence-electron chi connectivity index (χ4n) is 1.33. The Labute approximate surface area is 103 Å². The third kappa shape index (κ3) is 3.12. The summed E-state index contributed by atoms with van der Waals surface area (Å²) >= 11 is 0. The average Bonchev–Trinajstić information content (AvgIpc) is 2.86. The van der Waals surface area contributed by atoms with Crippen LogP contribution in [0.2, 0.25) is 0 Å². The Morgan fingerprint density at radius 1 is 1.33 bits per heavy atom. The Kier molecular flexibility index (Phi) is 4.00. The lowest BCUT2D eigenvalue weighted by Crippen LogP contribution is -2.11. The van der Waals surface area contributed by atoms with E-state index < -0.39 is 5.82 Å². The monoisotopic (exact) mass is 252 g/mol. The van der Waals surface area contributed by atoms with E-state index in [-0.39, 0.29) is 5.82 Å². The van der Waals surface area contributed by atoms with Crippen LogP contribution in [0.15, 0.2) is 17.0 Å². The summed E-state index contributed by atoms with van der Waals surface area (Å²) in [7, 11) is 0. The second-order valence-electron chi connectivity index (χ2n) is 3.43. The van der Waals surface area contributed by atoms with Crippen molar-refractivity contribution in [2.45, 2.75) is 13.3 Å². The summed E-state index contributed by atoms with van der Waals surface area (Å²) in [5.74, 6) is 0.533. The summed E-state index contributed by atoms with van der Waals surface area (Å²) < 4.78 is 18.2. The molecule has 2 heterocycles. The van der Waals surface area contributed by atoms with Crippen LogP contribution in [0.3, 0.4) is 0 Å². The van der Waals surface area contributed by atoms with Crippen LogP contribution >= 0.6 is 0 Å². The first kappa shape index (κ1) is 12.2. The molecule has 0 saturated carbocycles. The molecule has 0 aliphatic heterocycles. The molecule has 2 N–H and O–H groups in total. The molecule has 0 radical (unpaired) electrons. The van der Waals surface area contributed by atoms with Gasteiger partial charge in [-0.25, -0.2) is 9.37 Å². The molecule has 18 heavy (non-hydrogen) atoms. The second-order valence-corrected chi connectivity index (χ2v) is 3.43. The normalized spacial score (nSPS) is 10.3. The molecule has 2 aromatic rings. The van der Waals surface area contributed by atoms with Crippen LogP contribution in [-0.2, 0) is 6.42 Å². The molecule has 0 saturated heterocycles. The minimum atomic E-state index is -0.498. The van der Waals surface area contributed by atoms with E-state index in [4.69, 9.17) is 4.52 Å². The fraction of sp³-hybridized carbons (Fsp3) is 0.400. The molecule has 8 heteroatoms. The maximum atomic E-state index is 13.4. The Morgan fingerprint density at radius 2 is 2.22 bits per heavy atom. The lowest BCUT2D eigenvalue weighted by atomic mass is 10.4. The van der Waals surface area contributed by atoms with Gasteiger partial charge in [-0.1, -0.05) is 5.16 Å². The van der Waals surface area contributed by atoms with Crippen molar-refractivity contribution in [2.75, 3.05) is 23.7 Å². The van der Waals surface area contributed by atoms with E-state index in [2.05, 4.69) is 30.7 Å². The van der Waals surface area contributed by atoms with Gasteiger partial charge in [-0.15, -0.1) is 0 Å². The van der Waals surface area contributed by atoms with E-state index in [1.807, 2.05) is 6.92 Å². The molecule has 2 aromatic heterocycles. The minimum absolute atomic E-state index is 0.153. The quantitative estimate of drug-likeness (QED) is 0.795. The van der Waals surface area contributed by atoms with Crippen molar-refractivity contribution in [3.63, 3.8) is 0 Å². The minimum Gasteiger partial charge on any atom is -0.367 e. The average molecular weight is 252 g/mol. The molecule has 0 aliphatic carbocycles. The number of hydrogen-bond acceptors (Lipinski definition) is 7. The molecular weight excluding hydrogens is 239 g/mol. The summed E-state index contributed by atoms with van der Waals surface area (Å²) in [6, 6.07) is 0. The van der Waals surface area contributed by atoms with Gasteiger partial charge in [-0.05, 0) is 6.92 Å².